The molecule has 0 radical (unpaired) electrons. The molecular weight excluding hydrogens is 424 g/mol. The Bertz CT molecular complexity index is 1050. The highest BCUT2D eigenvalue weighted by Crippen LogP contribution is 2.28. The maximum Gasteiger partial charge on any atom is 0.261 e. The van der Waals surface area contributed by atoms with Crippen LogP contribution in [-0.2, 0) is 9.59 Å². The predicted octanol–water partition coefficient (Wildman–Crippen LogP) is 3.56. The van der Waals surface area contributed by atoms with Crippen molar-refractivity contribution in [3.05, 3.63) is 82.8 Å². The van der Waals surface area contributed by atoms with E-state index in [1.807, 2.05) is 39.0 Å². The van der Waals surface area contributed by atoms with Crippen molar-refractivity contribution in [3.8, 4) is 0 Å². The lowest BCUT2D eigenvalue weighted by Gasteiger charge is -2.33. The van der Waals surface area contributed by atoms with Crippen LogP contribution in [0.2, 0.25) is 0 Å². The smallest absolute Gasteiger partial charge is 0.261 e. The van der Waals surface area contributed by atoms with Crippen molar-refractivity contribution in [3.63, 3.8) is 0 Å². The third kappa shape index (κ3) is 6.01. The number of hydrogen-bond acceptors (Lipinski definition) is 5. The molecule has 8 heteroatoms. The predicted molar refractivity (Wildman–Crippen MR) is 125 cm³/mol. The Morgan fingerprint density at radius 2 is 1.78 bits per heavy atom. The zero-order chi connectivity index (χ0) is 23.1. The van der Waals surface area contributed by atoms with Crippen LogP contribution in [0, 0.1) is 0 Å². The summed E-state index contributed by atoms with van der Waals surface area (Å²) in [6.07, 6.45) is 3.12. The summed E-state index contributed by atoms with van der Waals surface area (Å²) in [5.74, 6) is -1.10. The number of pyridine rings is 1. The molecule has 0 unspecified atom stereocenters. The maximum atomic E-state index is 13.4. The summed E-state index contributed by atoms with van der Waals surface area (Å²) < 4.78 is 0. The molecule has 7 nitrogen and oxygen atoms in total. The first-order chi connectivity index (χ1) is 15.3. The van der Waals surface area contributed by atoms with Crippen molar-refractivity contribution in [1.82, 2.24) is 15.6 Å². The molecule has 32 heavy (non-hydrogen) atoms. The Balaban J connectivity index is 1.96. The van der Waals surface area contributed by atoms with E-state index in [2.05, 4.69) is 15.6 Å². The lowest BCUT2D eigenvalue weighted by Crippen LogP contribution is -2.51. The van der Waals surface area contributed by atoms with Crippen molar-refractivity contribution in [2.75, 3.05) is 11.4 Å². The second-order valence-corrected chi connectivity index (χ2v) is 9.14. The molecule has 3 amide bonds. The van der Waals surface area contributed by atoms with Gasteiger partial charge in [0.05, 0.1) is 23.3 Å². The monoisotopic (exact) mass is 450 g/mol. The van der Waals surface area contributed by atoms with E-state index < -0.39 is 17.5 Å². The van der Waals surface area contributed by atoms with E-state index in [0.717, 1.165) is 0 Å². The first-order valence-corrected chi connectivity index (χ1v) is 11.0. The van der Waals surface area contributed by atoms with E-state index in [0.29, 0.717) is 16.1 Å². The average molecular weight is 451 g/mol. The SMILES string of the molecule is CC(C)(C)NC(=O)[C@@H](c1ccccc1)N(C(=O)CNC(=O)c1cccs1)c1cccnc1. The normalized spacial score (nSPS) is 12.0. The molecule has 0 bridgehead atoms. The second kappa shape index (κ2) is 10.2. The molecule has 0 aliphatic rings. The highest BCUT2D eigenvalue weighted by molar-refractivity contribution is 7.12. The topological polar surface area (TPSA) is 91.4 Å². The van der Waals surface area contributed by atoms with Gasteiger partial charge in [0.25, 0.3) is 5.91 Å². The fourth-order valence-corrected chi connectivity index (χ4v) is 3.80. The van der Waals surface area contributed by atoms with E-state index in [1.54, 1.807) is 48.0 Å². The Morgan fingerprint density at radius 1 is 1.03 bits per heavy atom. The molecule has 2 N–H and O–H groups in total. The minimum absolute atomic E-state index is 0.266. The van der Waals surface area contributed by atoms with Gasteiger partial charge in [-0.2, -0.15) is 0 Å². The summed E-state index contributed by atoms with van der Waals surface area (Å²) in [5, 5.41) is 7.42. The third-order valence-electron chi connectivity index (χ3n) is 4.46. The maximum absolute atomic E-state index is 13.4. The summed E-state index contributed by atoms with van der Waals surface area (Å²) in [4.78, 5) is 45.2. The van der Waals surface area contributed by atoms with Gasteiger partial charge in [-0.1, -0.05) is 36.4 Å². The lowest BCUT2D eigenvalue weighted by molar-refractivity contribution is -0.127. The Kier molecular flexibility index (Phi) is 7.37. The van der Waals surface area contributed by atoms with Crippen molar-refractivity contribution < 1.29 is 14.4 Å². The fourth-order valence-electron chi connectivity index (χ4n) is 3.16. The van der Waals surface area contributed by atoms with Crippen LogP contribution in [-0.4, -0.2) is 34.8 Å². The van der Waals surface area contributed by atoms with Gasteiger partial charge in [0.1, 0.15) is 6.04 Å². The fraction of sp³-hybridized carbons (Fsp3) is 0.250. The van der Waals surface area contributed by atoms with E-state index in [1.165, 1.54) is 22.4 Å². The van der Waals surface area contributed by atoms with Crippen LogP contribution < -0.4 is 15.5 Å². The van der Waals surface area contributed by atoms with E-state index in [9.17, 15) is 14.4 Å². The van der Waals surface area contributed by atoms with Crippen molar-refractivity contribution in [2.45, 2.75) is 32.4 Å². The molecule has 3 aromatic rings. The number of carbonyl (C=O) groups excluding carboxylic acids is 3. The minimum atomic E-state index is -0.939. The van der Waals surface area contributed by atoms with Crippen LogP contribution in [0.4, 0.5) is 5.69 Å². The van der Waals surface area contributed by atoms with Gasteiger partial charge in [-0.25, -0.2) is 0 Å². The zero-order valence-electron chi connectivity index (χ0n) is 18.2. The van der Waals surface area contributed by atoms with Gasteiger partial charge in [-0.15, -0.1) is 11.3 Å². The summed E-state index contributed by atoms with van der Waals surface area (Å²) in [7, 11) is 0. The number of nitrogens with one attached hydrogen (secondary N) is 2. The quantitative estimate of drug-likeness (QED) is 0.576. The molecule has 2 aromatic heterocycles. The van der Waals surface area contributed by atoms with Crippen molar-refractivity contribution >= 4 is 34.7 Å². The molecule has 0 aliphatic carbocycles. The first kappa shape index (κ1) is 23.1. The van der Waals surface area contributed by atoms with Crippen molar-refractivity contribution in [2.24, 2.45) is 0 Å². The number of aromatic nitrogens is 1. The molecular formula is C24H26N4O3S. The molecule has 0 aliphatic heterocycles. The number of rotatable bonds is 7. The Labute approximate surface area is 191 Å². The van der Waals surface area contributed by atoms with Gasteiger partial charge in [-0.3, -0.25) is 24.3 Å². The van der Waals surface area contributed by atoms with E-state index >= 15 is 0 Å². The highest BCUT2D eigenvalue weighted by Gasteiger charge is 2.34. The number of benzene rings is 1. The number of hydrogen-bond donors (Lipinski definition) is 2. The zero-order valence-corrected chi connectivity index (χ0v) is 19.1. The molecule has 0 fully saturated rings. The van der Waals surface area contributed by atoms with E-state index in [4.69, 9.17) is 0 Å². The average Bonchev–Trinajstić information content (AvgIpc) is 3.30. The van der Waals surface area contributed by atoms with Gasteiger partial charge in [0, 0.05) is 11.7 Å². The molecule has 0 spiro atoms. The highest BCUT2D eigenvalue weighted by atomic mass is 32.1. The Morgan fingerprint density at radius 3 is 2.38 bits per heavy atom. The number of nitrogens with zero attached hydrogens (tertiary/aromatic N) is 2. The third-order valence-corrected chi connectivity index (χ3v) is 5.33. The van der Waals surface area contributed by atoms with Gasteiger partial charge < -0.3 is 10.6 Å². The van der Waals surface area contributed by atoms with Gasteiger partial charge in [0.15, 0.2) is 0 Å². The minimum Gasteiger partial charge on any atom is -0.349 e. The van der Waals surface area contributed by atoms with Gasteiger partial charge in [-0.05, 0) is 49.9 Å². The molecule has 166 valence electrons. The van der Waals surface area contributed by atoms with Crippen molar-refractivity contribution in [1.29, 1.82) is 0 Å². The number of carbonyl (C=O) groups is 3. The van der Waals surface area contributed by atoms with Crippen LogP contribution in [0.1, 0.15) is 42.0 Å². The summed E-state index contributed by atoms with van der Waals surface area (Å²) >= 11 is 1.29. The lowest BCUT2D eigenvalue weighted by atomic mass is 10.0. The van der Waals surface area contributed by atoms with Crippen LogP contribution in [0.25, 0.3) is 0 Å². The van der Waals surface area contributed by atoms with Gasteiger partial charge >= 0.3 is 0 Å². The first-order valence-electron chi connectivity index (χ1n) is 10.2. The number of anilines is 1. The second-order valence-electron chi connectivity index (χ2n) is 8.19. The molecule has 3 rings (SSSR count). The Hall–Kier alpha value is -3.52. The van der Waals surface area contributed by atoms with Gasteiger partial charge in [0.2, 0.25) is 11.8 Å². The summed E-state index contributed by atoms with van der Waals surface area (Å²) in [6, 6.07) is 15.0. The molecule has 1 atom stereocenters. The molecule has 2 heterocycles. The largest absolute Gasteiger partial charge is 0.349 e. The standard InChI is InChI=1S/C24H26N4O3S/c1-24(2,3)27-23(31)21(17-9-5-4-6-10-17)28(18-11-7-13-25-15-18)20(29)16-26-22(30)19-12-8-14-32-19/h4-15,21H,16H2,1-3H3,(H,26,30)(H,27,31)/t21-/m1/s1. The van der Waals surface area contributed by atoms with Crippen LogP contribution in [0.3, 0.4) is 0 Å². The van der Waals surface area contributed by atoms with E-state index in [-0.39, 0.29) is 18.4 Å². The number of amides is 3. The summed E-state index contributed by atoms with van der Waals surface area (Å²) in [6.45, 7) is 5.37. The summed E-state index contributed by atoms with van der Waals surface area (Å²) in [5.41, 5.74) is 0.609. The van der Waals surface area contributed by atoms with Crippen LogP contribution >= 0.6 is 11.3 Å². The molecule has 1 aromatic carbocycles. The van der Waals surface area contributed by atoms with Crippen LogP contribution in [0.5, 0.6) is 0 Å². The van der Waals surface area contributed by atoms with Crippen LogP contribution in [0.15, 0.2) is 72.4 Å². The number of thiophene rings is 1. The molecule has 0 saturated carbocycles. The molecule has 0 saturated heterocycles.